The maximum absolute atomic E-state index is 12.4. The molecule has 8 nitrogen and oxygen atoms in total. The van der Waals surface area contributed by atoms with Gasteiger partial charge >= 0.3 is 0 Å². The molecule has 0 fully saturated rings. The third-order valence-corrected chi connectivity index (χ3v) is 5.94. The van der Waals surface area contributed by atoms with Crippen LogP contribution in [0.15, 0.2) is 83.3 Å². The maximum Gasteiger partial charge on any atom is 0.250 e. The number of nitrogens with one attached hydrogen (secondary N) is 1. The van der Waals surface area contributed by atoms with Gasteiger partial charge in [0.05, 0.1) is 12.0 Å². The van der Waals surface area contributed by atoms with Gasteiger partial charge in [-0.05, 0) is 48.9 Å². The molecule has 0 unspecified atom stereocenters. The number of anilines is 1. The van der Waals surface area contributed by atoms with Crippen molar-refractivity contribution in [1.29, 1.82) is 0 Å². The second-order valence-corrected chi connectivity index (χ2v) is 8.72. The standard InChI is InChI=1S/C25H25N7OS/c1-18-4-8-22(9-5-18)32-24(20-12-14-26-15-13-20)29-30-25(32)34-17-23(33)28-27-16-19-6-10-21(11-7-19)31(2)3/h4-16H,17H2,1-3H3,(H,28,33)/b27-16-. The summed E-state index contributed by atoms with van der Waals surface area (Å²) in [6.07, 6.45) is 5.06. The lowest BCUT2D eigenvalue weighted by atomic mass is 10.2. The first-order chi connectivity index (χ1) is 16.5. The van der Waals surface area contributed by atoms with Crippen molar-refractivity contribution in [3.8, 4) is 17.1 Å². The van der Waals surface area contributed by atoms with Crippen molar-refractivity contribution in [2.24, 2.45) is 5.10 Å². The van der Waals surface area contributed by atoms with Gasteiger partial charge in [0, 0.05) is 43.4 Å². The van der Waals surface area contributed by atoms with Crippen LogP contribution >= 0.6 is 11.8 Å². The third kappa shape index (κ3) is 5.68. The average Bonchev–Trinajstić information content (AvgIpc) is 3.28. The van der Waals surface area contributed by atoms with Crippen LogP contribution in [0.4, 0.5) is 5.69 Å². The number of amides is 1. The van der Waals surface area contributed by atoms with Crippen LogP contribution in [-0.4, -0.2) is 51.7 Å². The van der Waals surface area contributed by atoms with Crippen molar-refractivity contribution in [3.05, 3.63) is 84.2 Å². The number of hydrogen-bond donors (Lipinski definition) is 1. The minimum absolute atomic E-state index is 0.150. The lowest BCUT2D eigenvalue weighted by molar-refractivity contribution is -0.118. The highest BCUT2D eigenvalue weighted by molar-refractivity contribution is 7.99. The first kappa shape index (κ1) is 23.2. The summed E-state index contributed by atoms with van der Waals surface area (Å²) in [7, 11) is 3.97. The van der Waals surface area contributed by atoms with Gasteiger partial charge in [-0.25, -0.2) is 5.43 Å². The number of carbonyl (C=O) groups excluding carboxylic acids is 1. The van der Waals surface area contributed by atoms with E-state index in [0.717, 1.165) is 28.1 Å². The average molecular weight is 472 g/mol. The summed E-state index contributed by atoms with van der Waals surface area (Å²) in [5.74, 6) is 0.612. The number of hydrogen-bond acceptors (Lipinski definition) is 7. The Hall–Kier alpha value is -3.98. The Bertz CT molecular complexity index is 1270. The summed E-state index contributed by atoms with van der Waals surface area (Å²) >= 11 is 1.30. The highest BCUT2D eigenvalue weighted by Gasteiger charge is 2.17. The number of hydrazone groups is 1. The second-order valence-electron chi connectivity index (χ2n) is 7.78. The molecule has 0 aliphatic carbocycles. The zero-order chi connectivity index (χ0) is 23.9. The lowest BCUT2D eigenvalue weighted by Gasteiger charge is -2.11. The number of thioether (sulfide) groups is 1. The van der Waals surface area contributed by atoms with E-state index in [1.807, 2.05) is 91.1 Å². The van der Waals surface area contributed by atoms with Crippen molar-refractivity contribution < 1.29 is 4.79 Å². The quantitative estimate of drug-likeness (QED) is 0.238. The Balaban J connectivity index is 1.45. The van der Waals surface area contributed by atoms with E-state index in [1.165, 1.54) is 11.8 Å². The Morgan fingerprint density at radius 3 is 2.41 bits per heavy atom. The number of aromatic nitrogens is 4. The molecule has 0 saturated carbocycles. The predicted molar refractivity (Wildman–Crippen MR) is 137 cm³/mol. The molecule has 2 aromatic heterocycles. The first-order valence-corrected chi connectivity index (χ1v) is 11.6. The van der Waals surface area contributed by atoms with E-state index in [0.29, 0.717) is 11.0 Å². The molecule has 34 heavy (non-hydrogen) atoms. The molecule has 1 N–H and O–H groups in total. The number of pyridine rings is 1. The molecule has 0 aliphatic rings. The van der Waals surface area contributed by atoms with E-state index in [4.69, 9.17) is 0 Å². The van der Waals surface area contributed by atoms with Gasteiger partial charge in [0.1, 0.15) is 0 Å². The van der Waals surface area contributed by atoms with Gasteiger partial charge < -0.3 is 4.90 Å². The van der Waals surface area contributed by atoms with E-state index in [1.54, 1.807) is 18.6 Å². The van der Waals surface area contributed by atoms with Crippen molar-refractivity contribution in [1.82, 2.24) is 25.2 Å². The van der Waals surface area contributed by atoms with Gasteiger partial charge in [0.2, 0.25) is 0 Å². The molecule has 9 heteroatoms. The summed E-state index contributed by atoms with van der Waals surface area (Å²) < 4.78 is 1.95. The monoisotopic (exact) mass is 471 g/mol. The van der Waals surface area contributed by atoms with Gasteiger partial charge in [-0.2, -0.15) is 5.10 Å². The fourth-order valence-corrected chi connectivity index (χ4v) is 3.92. The fourth-order valence-electron chi connectivity index (χ4n) is 3.18. The predicted octanol–water partition coefficient (Wildman–Crippen LogP) is 3.95. The van der Waals surface area contributed by atoms with Gasteiger partial charge in [-0.15, -0.1) is 10.2 Å². The number of carbonyl (C=O) groups is 1. The van der Waals surface area contributed by atoms with Gasteiger partial charge in [-0.3, -0.25) is 14.3 Å². The molecule has 0 radical (unpaired) electrons. The van der Waals surface area contributed by atoms with Crippen LogP contribution in [0.2, 0.25) is 0 Å². The van der Waals surface area contributed by atoms with Crippen molar-refractivity contribution in [2.75, 3.05) is 24.7 Å². The number of rotatable bonds is 8. The summed E-state index contributed by atoms with van der Waals surface area (Å²) in [5, 5.41) is 13.4. The Labute approximate surface area is 202 Å². The van der Waals surface area contributed by atoms with Crippen LogP contribution in [0, 0.1) is 6.92 Å². The fraction of sp³-hybridized carbons (Fsp3) is 0.160. The summed E-state index contributed by atoms with van der Waals surface area (Å²) in [5.41, 5.74) is 7.55. The molecular formula is C25H25N7OS. The van der Waals surface area contributed by atoms with Crippen LogP contribution in [-0.2, 0) is 4.79 Å². The molecule has 0 saturated heterocycles. The van der Waals surface area contributed by atoms with E-state index in [-0.39, 0.29) is 11.7 Å². The summed E-state index contributed by atoms with van der Waals surface area (Å²) in [6, 6.07) is 19.8. The molecule has 4 aromatic rings. The number of benzene rings is 2. The topological polar surface area (TPSA) is 88.3 Å². The number of aryl methyl sites for hydroxylation is 1. The van der Waals surface area contributed by atoms with Crippen molar-refractivity contribution >= 4 is 29.6 Å². The van der Waals surface area contributed by atoms with Crippen molar-refractivity contribution in [3.63, 3.8) is 0 Å². The molecule has 0 atom stereocenters. The van der Waals surface area contributed by atoms with E-state index < -0.39 is 0 Å². The second kappa shape index (κ2) is 10.8. The molecular weight excluding hydrogens is 446 g/mol. The molecule has 0 aliphatic heterocycles. The molecule has 2 heterocycles. The maximum atomic E-state index is 12.4. The zero-order valence-electron chi connectivity index (χ0n) is 19.2. The number of nitrogens with zero attached hydrogens (tertiary/aromatic N) is 6. The molecule has 1 amide bonds. The van der Waals surface area contributed by atoms with Gasteiger partial charge in [0.15, 0.2) is 11.0 Å². The van der Waals surface area contributed by atoms with Crippen LogP contribution < -0.4 is 10.3 Å². The summed E-state index contributed by atoms with van der Waals surface area (Å²) in [4.78, 5) is 18.5. The Kier molecular flexibility index (Phi) is 7.34. The van der Waals surface area contributed by atoms with E-state index in [2.05, 4.69) is 25.7 Å². The largest absolute Gasteiger partial charge is 0.378 e. The van der Waals surface area contributed by atoms with E-state index >= 15 is 0 Å². The van der Waals surface area contributed by atoms with Crippen LogP contribution in [0.3, 0.4) is 0 Å². The smallest absolute Gasteiger partial charge is 0.250 e. The molecule has 172 valence electrons. The van der Waals surface area contributed by atoms with Gasteiger partial charge in [0.25, 0.3) is 5.91 Å². The molecule has 4 rings (SSSR count). The molecule has 0 bridgehead atoms. The minimum Gasteiger partial charge on any atom is -0.378 e. The SMILES string of the molecule is Cc1ccc(-n2c(SCC(=O)N/N=C\c3ccc(N(C)C)cc3)nnc2-c2ccncc2)cc1. The lowest BCUT2D eigenvalue weighted by Crippen LogP contribution is -2.20. The third-order valence-electron chi connectivity index (χ3n) is 5.01. The molecule has 0 spiro atoms. The Morgan fingerprint density at radius 2 is 1.74 bits per heavy atom. The highest BCUT2D eigenvalue weighted by atomic mass is 32.2. The highest BCUT2D eigenvalue weighted by Crippen LogP contribution is 2.27. The van der Waals surface area contributed by atoms with E-state index in [9.17, 15) is 4.79 Å². The summed E-state index contributed by atoms with van der Waals surface area (Å²) in [6.45, 7) is 2.04. The first-order valence-electron chi connectivity index (χ1n) is 10.7. The van der Waals surface area contributed by atoms with Crippen LogP contribution in [0.5, 0.6) is 0 Å². The molecule has 2 aromatic carbocycles. The van der Waals surface area contributed by atoms with Crippen LogP contribution in [0.1, 0.15) is 11.1 Å². The zero-order valence-corrected chi connectivity index (χ0v) is 20.0. The normalized spacial score (nSPS) is 11.0. The van der Waals surface area contributed by atoms with Crippen molar-refractivity contribution in [2.45, 2.75) is 12.1 Å². The van der Waals surface area contributed by atoms with Crippen LogP contribution in [0.25, 0.3) is 17.1 Å². The Morgan fingerprint density at radius 1 is 1.03 bits per heavy atom. The minimum atomic E-state index is -0.227. The van der Waals surface area contributed by atoms with Gasteiger partial charge in [-0.1, -0.05) is 41.6 Å².